The van der Waals surface area contributed by atoms with Crippen LogP contribution in [0.25, 0.3) is 0 Å². The predicted octanol–water partition coefficient (Wildman–Crippen LogP) is 1.66. The van der Waals surface area contributed by atoms with Gasteiger partial charge in [0.1, 0.15) is 5.69 Å². The Morgan fingerprint density at radius 1 is 1.33 bits per heavy atom. The van der Waals surface area contributed by atoms with E-state index in [9.17, 15) is 14.7 Å². The minimum Gasteiger partial charge on any atom is -0.393 e. The second-order valence-electron chi connectivity index (χ2n) is 6.57. The van der Waals surface area contributed by atoms with E-state index in [1.165, 1.54) is 6.92 Å². The van der Waals surface area contributed by atoms with E-state index in [0.717, 1.165) is 50.2 Å². The molecule has 134 valence electrons. The molecule has 2 heterocycles. The van der Waals surface area contributed by atoms with Crippen LogP contribution in [-0.4, -0.2) is 59.0 Å². The van der Waals surface area contributed by atoms with Gasteiger partial charge in [0.15, 0.2) is 5.78 Å². The average Bonchev–Trinajstić information content (AvgIpc) is 2.89. The first-order chi connectivity index (χ1) is 11.4. The van der Waals surface area contributed by atoms with Crippen LogP contribution in [0.2, 0.25) is 0 Å². The van der Waals surface area contributed by atoms with Crippen molar-refractivity contribution in [3.63, 3.8) is 0 Å². The molecule has 0 spiro atoms. The summed E-state index contributed by atoms with van der Waals surface area (Å²) in [4.78, 5) is 29.6. The van der Waals surface area contributed by atoms with Crippen molar-refractivity contribution in [2.75, 3.05) is 26.2 Å². The number of nitrogens with one attached hydrogen (secondary N) is 2. The highest BCUT2D eigenvalue weighted by molar-refractivity contribution is 6.02. The van der Waals surface area contributed by atoms with E-state index in [1.807, 2.05) is 13.8 Å². The minimum atomic E-state index is -0.153. The average molecular weight is 335 g/mol. The molecule has 0 bridgehead atoms. The van der Waals surface area contributed by atoms with Crippen LogP contribution in [0.15, 0.2) is 0 Å². The summed E-state index contributed by atoms with van der Waals surface area (Å²) in [5.41, 5.74) is 2.73. The number of hydrogen-bond donors (Lipinski definition) is 3. The number of Topliss-reactive ketones (excluding diaryl/α,β-unsaturated/α-hetero) is 1. The Labute approximate surface area is 143 Å². The Kier molecular flexibility index (Phi) is 6.57. The highest BCUT2D eigenvalue weighted by atomic mass is 16.3. The maximum absolute atomic E-state index is 12.4. The standard InChI is InChI=1S/C18H29N3O3/c1-4-15-16(13(3)22)12(2)20-17(15)18(24)19-8-5-9-21-10-6-14(23)7-11-21/h14,20,23H,4-11H2,1-3H3,(H,19,24). The zero-order chi connectivity index (χ0) is 17.7. The molecule has 6 heteroatoms. The molecular formula is C18H29N3O3. The van der Waals surface area contributed by atoms with Gasteiger partial charge in [-0.2, -0.15) is 0 Å². The Morgan fingerprint density at radius 3 is 2.58 bits per heavy atom. The van der Waals surface area contributed by atoms with Crippen LogP contribution in [-0.2, 0) is 6.42 Å². The van der Waals surface area contributed by atoms with Gasteiger partial charge in [-0.3, -0.25) is 9.59 Å². The highest BCUT2D eigenvalue weighted by Gasteiger charge is 2.21. The summed E-state index contributed by atoms with van der Waals surface area (Å²) in [5, 5.41) is 12.4. The first-order valence-electron chi connectivity index (χ1n) is 8.85. The molecule has 1 aromatic rings. The summed E-state index contributed by atoms with van der Waals surface area (Å²) in [6.07, 6.45) is 3.05. The molecular weight excluding hydrogens is 306 g/mol. The van der Waals surface area contributed by atoms with Crippen molar-refractivity contribution in [1.82, 2.24) is 15.2 Å². The van der Waals surface area contributed by atoms with Gasteiger partial charge < -0.3 is 20.3 Å². The second kappa shape index (κ2) is 8.44. The van der Waals surface area contributed by atoms with Gasteiger partial charge in [-0.25, -0.2) is 0 Å². The molecule has 24 heavy (non-hydrogen) atoms. The van der Waals surface area contributed by atoms with Crippen LogP contribution in [0.4, 0.5) is 0 Å². The molecule has 1 saturated heterocycles. The fraction of sp³-hybridized carbons (Fsp3) is 0.667. The van der Waals surface area contributed by atoms with Crippen molar-refractivity contribution in [3.05, 3.63) is 22.5 Å². The maximum Gasteiger partial charge on any atom is 0.268 e. The molecule has 1 aliphatic rings. The quantitative estimate of drug-likeness (QED) is 0.523. The van der Waals surface area contributed by atoms with Crippen molar-refractivity contribution >= 4 is 11.7 Å². The van der Waals surface area contributed by atoms with E-state index >= 15 is 0 Å². The van der Waals surface area contributed by atoms with E-state index in [2.05, 4.69) is 15.2 Å². The van der Waals surface area contributed by atoms with Crippen LogP contribution in [0.5, 0.6) is 0 Å². The molecule has 3 N–H and O–H groups in total. The summed E-state index contributed by atoms with van der Waals surface area (Å²) < 4.78 is 0. The van der Waals surface area contributed by atoms with E-state index in [-0.39, 0.29) is 17.8 Å². The number of hydrogen-bond acceptors (Lipinski definition) is 4. The lowest BCUT2D eigenvalue weighted by molar-refractivity contribution is 0.0816. The smallest absolute Gasteiger partial charge is 0.268 e. The van der Waals surface area contributed by atoms with Gasteiger partial charge in [0.2, 0.25) is 0 Å². The van der Waals surface area contributed by atoms with Crippen LogP contribution >= 0.6 is 0 Å². The molecule has 2 rings (SSSR count). The molecule has 0 aliphatic carbocycles. The largest absolute Gasteiger partial charge is 0.393 e. The molecule has 1 fully saturated rings. The number of piperidine rings is 1. The van der Waals surface area contributed by atoms with E-state index in [4.69, 9.17) is 0 Å². The normalized spacial score (nSPS) is 16.3. The van der Waals surface area contributed by atoms with Gasteiger partial charge in [-0.15, -0.1) is 0 Å². The van der Waals surface area contributed by atoms with Crippen molar-refractivity contribution in [2.45, 2.75) is 52.6 Å². The molecule has 6 nitrogen and oxygen atoms in total. The SMILES string of the molecule is CCc1c(C(=O)NCCCN2CCC(O)CC2)[nH]c(C)c1C(C)=O. The summed E-state index contributed by atoms with van der Waals surface area (Å²) in [6, 6.07) is 0. The summed E-state index contributed by atoms with van der Waals surface area (Å²) in [5.74, 6) is -0.150. The van der Waals surface area contributed by atoms with E-state index < -0.39 is 0 Å². The number of amides is 1. The summed E-state index contributed by atoms with van der Waals surface area (Å²) >= 11 is 0. The van der Waals surface area contributed by atoms with E-state index in [0.29, 0.717) is 24.2 Å². The van der Waals surface area contributed by atoms with Gasteiger partial charge in [0, 0.05) is 30.9 Å². The fourth-order valence-corrected chi connectivity index (χ4v) is 3.44. The summed E-state index contributed by atoms with van der Waals surface area (Å²) in [6.45, 7) is 8.70. The fourth-order valence-electron chi connectivity index (χ4n) is 3.44. The third kappa shape index (κ3) is 4.45. The maximum atomic E-state index is 12.4. The summed E-state index contributed by atoms with van der Waals surface area (Å²) in [7, 11) is 0. The van der Waals surface area contributed by atoms with Crippen molar-refractivity contribution in [1.29, 1.82) is 0 Å². The number of aromatic nitrogens is 1. The van der Waals surface area contributed by atoms with Crippen LogP contribution in [0.3, 0.4) is 0 Å². The van der Waals surface area contributed by atoms with Crippen molar-refractivity contribution < 1.29 is 14.7 Å². The Bertz CT molecular complexity index is 587. The Hall–Kier alpha value is -1.66. The van der Waals surface area contributed by atoms with Crippen LogP contribution in [0, 0.1) is 6.92 Å². The lowest BCUT2D eigenvalue weighted by atomic mass is 10.0. The number of aryl methyl sites for hydroxylation is 1. The van der Waals surface area contributed by atoms with Crippen LogP contribution in [0.1, 0.15) is 65.2 Å². The Balaban J connectivity index is 1.84. The van der Waals surface area contributed by atoms with Gasteiger partial charge in [0.05, 0.1) is 6.10 Å². The lowest BCUT2D eigenvalue weighted by Gasteiger charge is -2.29. The molecule has 0 radical (unpaired) electrons. The number of rotatable bonds is 7. The van der Waals surface area contributed by atoms with Crippen LogP contribution < -0.4 is 5.32 Å². The first kappa shape index (κ1) is 18.7. The molecule has 0 unspecified atom stereocenters. The van der Waals surface area contributed by atoms with Gasteiger partial charge in [-0.05, 0) is 51.6 Å². The second-order valence-corrected chi connectivity index (χ2v) is 6.57. The van der Waals surface area contributed by atoms with Gasteiger partial charge in [-0.1, -0.05) is 6.92 Å². The molecule has 1 aromatic heterocycles. The first-order valence-corrected chi connectivity index (χ1v) is 8.85. The third-order valence-corrected chi connectivity index (χ3v) is 4.72. The number of likely N-dealkylation sites (tertiary alicyclic amines) is 1. The number of ketones is 1. The number of carbonyl (C=O) groups excluding carboxylic acids is 2. The lowest BCUT2D eigenvalue weighted by Crippen LogP contribution is -2.37. The molecule has 1 amide bonds. The molecule has 0 saturated carbocycles. The minimum absolute atomic E-state index is 0.00747. The Morgan fingerprint density at radius 2 is 2.00 bits per heavy atom. The van der Waals surface area contributed by atoms with Gasteiger partial charge >= 0.3 is 0 Å². The number of aliphatic hydroxyl groups is 1. The van der Waals surface area contributed by atoms with Crippen molar-refractivity contribution in [3.8, 4) is 0 Å². The third-order valence-electron chi connectivity index (χ3n) is 4.72. The van der Waals surface area contributed by atoms with E-state index in [1.54, 1.807) is 0 Å². The number of nitrogens with zero attached hydrogens (tertiary/aromatic N) is 1. The molecule has 0 atom stereocenters. The van der Waals surface area contributed by atoms with Crippen molar-refractivity contribution in [2.24, 2.45) is 0 Å². The number of H-pyrrole nitrogens is 1. The van der Waals surface area contributed by atoms with Gasteiger partial charge in [0.25, 0.3) is 5.91 Å². The highest BCUT2D eigenvalue weighted by Crippen LogP contribution is 2.20. The number of aromatic amines is 1. The molecule has 0 aromatic carbocycles. The topological polar surface area (TPSA) is 85.4 Å². The number of carbonyl (C=O) groups is 2. The number of aliphatic hydroxyl groups excluding tert-OH is 1. The molecule has 1 aliphatic heterocycles. The zero-order valence-electron chi connectivity index (χ0n) is 14.9. The monoisotopic (exact) mass is 335 g/mol. The predicted molar refractivity (Wildman–Crippen MR) is 93.5 cm³/mol. The zero-order valence-corrected chi connectivity index (χ0v) is 14.9.